The summed E-state index contributed by atoms with van der Waals surface area (Å²) in [4.78, 5) is 12.2. The first-order valence-corrected chi connectivity index (χ1v) is 6.70. The zero-order valence-corrected chi connectivity index (χ0v) is 11.4. The molecule has 98 valence electrons. The first kappa shape index (κ1) is 13.1. The second kappa shape index (κ2) is 5.53. The number of rotatable bonds is 4. The lowest BCUT2D eigenvalue weighted by Crippen LogP contribution is -2.48. The Morgan fingerprint density at radius 3 is 2.50 bits per heavy atom. The molecule has 1 aromatic rings. The van der Waals surface area contributed by atoms with Gasteiger partial charge < -0.3 is 10.6 Å². The fourth-order valence-electron chi connectivity index (χ4n) is 2.24. The molecule has 3 heteroatoms. The minimum absolute atomic E-state index is 0.0754. The van der Waals surface area contributed by atoms with Gasteiger partial charge in [0, 0.05) is 11.6 Å². The molecular weight excluding hydrogens is 224 g/mol. The molecule has 3 nitrogen and oxygen atoms in total. The summed E-state index contributed by atoms with van der Waals surface area (Å²) in [7, 11) is 0. The minimum Gasteiger partial charge on any atom is -0.326 e. The number of carbonyl (C=O) groups excluding carboxylic acids is 1. The third-order valence-corrected chi connectivity index (χ3v) is 3.77. The van der Waals surface area contributed by atoms with Gasteiger partial charge in [-0.15, -0.1) is 0 Å². The van der Waals surface area contributed by atoms with E-state index in [0.29, 0.717) is 11.8 Å². The predicted octanol–water partition coefficient (Wildman–Crippen LogP) is 2.60. The van der Waals surface area contributed by atoms with Gasteiger partial charge in [-0.1, -0.05) is 39.0 Å². The summed E-state index contributed by atoms with van der Waals surface area (Å²) in [5, 5.41) is 6.28. The van der Waals surface area contributed by atoms with Crippen molar-refractivity contribution in [3.8, 4) is 0 Å². The van der Waals surface area contributed by atoms with E-state index in [1.807, 2.05) is 25.1 Å². The maximum absolute atomic E-state index is 12.2. The molecule has 1 heterocycles. The molecule has 1 unspecified atom stereocenters. The Kier molecular flexibility index (Phi) is 4.02. The molecule has 18 heavy (non-hydrogen) atoms. The number of para-hydroxylation sites is 1. The van der Waals surface area contributed by atoms with Crippen molar-refractivity contribution < 1.29 is 4.79 Å². The molecule has 2 N–H and O–H groups in total. The standard InChI is InChI=1S/C15H22N2O/c1-10(2)13-6-4-5-7-14(13)17-15(18)11(3)12-8-16-9-12/h4-7,10-12,16H,8-9H2,1-3H3,(H,17,18). The lowest BCUT2D eigenvalue weighted by Gasteiger charge is -2.32. The highest BCUT2D eigenvalue weighted by Gasteiger charge is 2.28. The van der Waals surface area contributed by atoms with Crippen LogP contribution in [0.5, 0.6) is 0 Å². The molecule has 1 fully saturated rings. The van der Waals surface area contributed by atoms with Crippen LogP contribution in [0.4, 0.5) is 5.69 Å². The molecule has 0 spiro atoms. The fourth-order valence-corrected chi connectivity index (χ4v) is 2.24. The second-order valence-corrected chi connectivity index (χ2v) is 5.44. The SMILES string of the molecule is CC(C)c1ccccc1NC(=O)C(C)C1CNC1. The van der Waals surface area contributed by atoms with Gasteiger partial charge in [-0.25, -0.2) is 0 Å². The van der Waals surface area contributed by atoms with Gasteiger partial charge >= 0.3 is 0 Å². The number of hydrogen-bond donors (Lipinski definition) is 2. The zero-order chi connectivity index (χ0) is 13.1. The van der Waals surface area contributed by atoms with E-state index >= 15 is 0 Å². The van der Waals surface area contributed by atoms with Crippen LogP contribution in [0.2, 0.25) is 0 Å². The molecule has 0 radical (unpaired) electrons. The average molecular weight is 246 g/mol. The van der Waals surface area contributed by atoms with Crippen LogP contribution in [0, 0.1) is 11.8 Å². The maximum Gasteiger partial charge on any atom is 0.227 e. The van der Waals surface area contributed by atoms with Crippen molar-refractivity contribution in [3.05, 3.63) is 29.8 Å². The molecule has 0 saturated carbocycles. The molecule has 1 saturated heterocycles. The second-order valence-electron chi connectivity index (χ2n) is 5.44. The summed E-state index contributed by atoms with van der Waals surface area (Å²) in [6.45, 7) is 8.22. The number of amides is 1. The molecule has 1 aliphatic rings. The highest BCUT2D eigenvalue weighted by Crippen LogP contribution is 2.25. The fraction of sp³-hybridized carbons (Fsp3) is 0.533. The largest absolute Gasteiger partial charge is 0.326 e. The van der Waals surface area contributed by atoms with Crippen LogP contribution < -0.4 is 10.6 Å². The zero-order valence-electron chi connectivity index (χ0n) is 11.4. The van der Waals surface area contributed by atoms with Gasteiger partial charge in [-0.3, -0.25) is 4.79 Å². The van der Waals surface area contributed by atoms with Crippen LogP contribution in [-0.4, -0.2) is 19.0 Å². The van der Waals surface area contributed by atoms with Crippen LogP contribution >= 0.6 is 0 Å². The first-order valence-electron chi connectivity index (χ1n) is 6.70. The molecular formula is C15H22N2O. The van der Waals surface area contributed by atoms with E-state index in [1.54, 1.807) is 0 Å². The van der Waals surface area contributed by atoms with Gasteiger partial charge in [-0.05, 0) is 36.6 Å². The molecule has 0 aliphatic carbocycles. The summed E-state index contributed by atoms with van der Waals surface area (Å²) in [6, 6.07) is 8.05. The number of nitrogens with one attached hydrogen (secondary N) is 2. The lowest BCUT2D eigenvalue weighted by molar-refractivity contribution is -0.121. The normalized spacial score (nSPS) is 17.3. The van der Waals surface area contributed by atoms with Crippen molar-refractivity contribution in [1.29, 1.82) is 0 Å². The van der Waals surface area contributed by atoms with Crippen LogP contribution in [0.1, 0.15) is 32.3 Å². The van der Waals surface area contributed by atoms with E-state index in [0.717, 1.165) is 18.8 Å². The van der Waals surface area contributed by atoms with Crippen molar-refractivity contribution in [3.63, 3.8) is 0 Å². The Balaban J connectivity index is 2.06. The molecule has 0 bridgehead atoms. The van der Waals surface area contributed by atoms with Gasteiger partial charge in [0.1, 0.15) is 0 Å². The van der Waals surface area contributed by atoms with Crippen molar-refractivity contribution in [2.45, 2.75) is 26.7 Å². The van der Waals surface area contributed by atoms with Crippen LogP contribution in [0.15, 0.2) is 24.3 Å². The van der Waals surface area contributed by atoms with E-state index < -0.39 is 0 Å². The Bertz CT molecular complexity index is 424. The van der Waals surface area contributed by atoms with Crippen LogP contribution in [-0.2, 0) is 4.79 Å². The summed E-state index contributed by atoms with van der Waals surface area (Å²) >= 11 is 0. The molecule has 1 aromatic carbocycles. The van der Waals surface area contributed by atoms with E-state index in [-0.39, 0.29) is 11.8 Å². The van der Waals surface area contributed by atoms with Gasteiger partial charge in [-0.2, -0.15) is 0 Å². The molecule has 0 aromatic heterocycles. The van der Waals surface area contributed by atoms with Gasteiger partial charge in [0.15, 0.2) is 0 Å². The molecule has 1 aliphatic heterocycles. The number of anilines is 1. The Morgan fingerprint density at radius 2 is 1.94 bits per heavy atom. The third-order valence-electron chi connectivity index (χ3n) is 3.77. The molecule has 1 amide bonds. The first-order chi connectivity index (χ1) is 8.59. The number of carbonyl (C=O) groups is 1. The molecule has 2 rings (SSSR count). The highest BCUT2D eigenvalue weighted by molar-refractivity contribution is 5.93. The Labute approximate surface area is 109 Å². The van der Waals surface area contributed by atoms with Crippen molar-refractivity contribution in [1.82, 2.24) is 5.32 Å². The van der Waals surface area contributed by atoms with Crippen molar-refractivity contribution in [2.75, 3.05) is 18.4 Å². The van der Waals surface area contributed by atoms with Crippen molar-refractivity contribution in [2.24, 2.45) is 11.8 Å². The highest BCUT2D eigenvalue weighted by atomic mass is 16.1. The third kappa shape index (κ3) is 2.72. The van der Waals surface area contributed by atoms with Crippen molar-refractivity contribution >= 4 is 11.6 Å². The Morgan fingerprint density at radius 1 is 1.28 bits per heavy atom. The number of hydrogen-bond acceptors (Lipinski definition) is 2. The maximum atomic E-state index is 12.2. The van der Waals surface area contributed by atoms with Crippen LogP contribution in [0.3, 0.4) is 0 Å². The van der Waals surface area contributed by atoms with Gasteiger partial charge in [0.05, 0.1) is 0 Å². The lowest BCUT2D eigenvalue weighted by atomic mass is 9.88. The predicted molar refractivity (Wildman–Crippen MR) is 74.7 cm³/mol. The molecule has 1 atom stereocenters. The quantitative estimate of drug-likeness (QED) is 0.857. The van der Waals surface area contributed by atoms with E-state index in [9.17, 15) is 4.79 Å². The summed E-state index contributed by atoms with van der Waals surface area (Å²) < 4.78 is 0. The summed E-state index contributed by atoms with van der Waals surface area (Å²) in [6.07, 6.45) is 0. The summed E-state index contributed by atoms with van der Waals surface area (Å²) in [5.74, 6) is 1.11. The van der Waals surface area contributed by atoms with E-state index in [2.05, 4.69) is 30.5 Å². The van der Waals surface area contributed by atoms with Crippen LogP contribution in [0.25, 0.3) is 0 Å². The van der Waals surface area contributed by atoms with E-state index in [1.165, 1.54) is 5.56 Å². The monoisotopic (exact) mass is 246 g/mol. The van der Waals surface area contributed by atoms with Gasteiger partial charge in [0.2, 0.25) is 5.91 Å². The average Bonchev–Trinajstić information content (AvgIpc) is 2.27. The Hall–Kier alpha value is -1.35. The van der Waals surface area contributed by atoms with Gasteiger partial charge in [0.25, 0.3) is 0 Å². The number of benzene rings is 1. The topological polar surface area (TPSA) is 41.1 Å². The van der Waals surface area contributed by atoms with E-state index in [4.69, 9.17) is 0 Å². The minimum atomic E-state index is 0.0754. The smallest absolute Gasteiger partial charge is 0.227 e. The summed E-state index contributed by atoms with van der Waals surface area (Å²) in [5.41, 5.74) is 2.15.